The van der Waals surface area contributed by atoms with Crippen molar-refractivity contribution in [1.82, 2.24) is 4.90 Å². The third-order valence-corrected chi connectivity index (χ3v) is 5.58. The van der Waals surface area contributed by atoms with Gasteiger partial charge in [0.15, 0.2) is 12.4 Å². The number of hydrogen-bond donors (Lipinski definition) is 0. The molecular formula is C25H29NO4. The van der Waals surface area contributed by atoms with Gasteiger partial charge in [0.05, 0.1) is 5.56 Å². The summed E-state index contributed by atoms with van der Waals surface area (Å²) in [6.07, 6.45) is 1.09. The highest BCUT2D eigenvalue weighted by atomic mass is 16.5. The van der Waals surface area contributed by atoms with Crippen molar-refractivity contribution in [2.45, 2.75) is 34.1 Å². The third kappa shape index (κ3) is 4.96. The summed E-state index contributed by atoms with van der Waals surface area (Å²) < 4.78 is 5.31. The second-order valence-corrected chi connectivity index (χ2v) is 8.51. The molecule has 2 unspecified atom stereocenters. The van der Waals surface area contributed by atoms with Crippen LogP contribution in [0.3, 0.4) is 0 Å². The molecule has 1 heterocycles. The van der Waals surface area contributed by atoms with Crippen LogP contribution in [0, 0.1) is 25.7 Å². The minimum Gasteiger partial charge on any atom is -0.452 e. The van der Waals surface area contributed by atoms with E-state index >= 15 is 0 Å². The average Bonchev–Trinajstić information content (AvgIpc) is 2.72. The first-order valence-corrected chi connectivity index (χ1v) is 10.4. The zero-order chi connectivity index (χ0) is 21.8. The molecule has 1 saturated heterocycles. The smallest absolute Gasteiger partial charge is 0.339 e. The topological polar surface area (TPSA) is 63.7 Å². The normalized spacial score (nSPS) is 18.7. The first kappa shape index (κ1) is 21.8. The maximum absolute atomic E-state index is 13.1. The quantitative estimate of drug-likeness (QED) is 0.551. The number of esters is 1. The fourth-order valence-electron chi connectivity index (χ4n) is 4.15. The van der Waals surface area contributed by atoms with Crippen molar-refractivity contribution in [3.8, 4) is 0 Å². The number of carbonyl (C=O) groups is 3. The number of ketones is 1. The van der Waals surface area contributed by atoms with Crippen LogP contribution in [0.1, 0.15) is 57.7 Å². The van der Waals surface area contributed by atoms with Crippen molar-refractivity contribution in [3.05, 3.63) is 70.3 Å². The van der Waals surface area contributed by atoms with Crippen LogP contribution in [0.5, 0.6) is 0 Å². The van der Waals surface area contributed by atoms with E-state index in [2.05, 4.69) is 13.8 Å². The van der Waals surface area contributed by atoms with Gasteiger partial charge in [-0.2, -0.15) is 0 Å². The molecule has 0 saturated carbocycles. The molecule has 1 aliphatic heterocycles. The first-order valence-electron chi connectivity index (χ1n) is 10.4. The fraction of sp³-hybridized carbons (Fsp3) is 0.400. The van der Waals surface area contributed by atoms with Crippen LogP contribution in [-0.2, 0) is 9.53 Å². The molecule has 0 spiro atoms. The van der Waals surface area contributed by atoms with Gasteiger partial charge in [0.25, 0.3) is 5.91 Å². The van der Waals surface area contributed by atoms with E-state index in [0.717, 1.165) is 17.5 Å². The molecule has 5 nitrogen and oxygen atoms in total. The summed E-state index contributed by atoms with van der Waals surface area (Å²) in [7, 11) is 0. The number of amides is 1. The summed E-state index contributed by atoms with van der Waals surface area (Å²) >= 11 is 0. The number of benzene rings is 2. The van der Waals surface area contributed by atoms with Crippen LogP contribution in [0.25, 0.3) is 0 Å². The van der Waals surface area contributed by atoms with Crippen LogP contribution in [0.4, 0.5) is 0 Å². The summed E-state index contributed by atoms with van der Waals surface area (Å²) in [5.74, 6) is -0.210. The first-order chi connectivity index (χ1) is 14.3. The summed E-state index contributed by atoms with van der Waals surface area (Å²) in [6.45, 7) is 9.08. The molecule has 2 aromatic rings. The Bertz CT molecular complexity index is 955. The maximum Gasteiger partial charge on any atom is 0.339 e. The van der Waals surface area contributed by atoms with Crippen LogP contribution in [0.15, 0.2) is 42.5 Å². The number of hydrogen-bond acceptors (Lipinski definition) is 4. The highest BCUT2D eigenvalue weighted by Gasteiger charge is 2.27. The number of ether oxygens (including phenoxy) is 1. The Morgan fingerprint density at radius 1 is 0.933 bits per heavy atom. The number of carbonyl (C=O) groups excluding carboxylic acids is 3. The van der Waals surface area contributed by atoms with Gasteiger partial charge in [-0.3, -0.25) is 9.59 Å². The largest absolute Gasteiger partial charge is 0.452 e. The molecule has 0 radical (unpaired) electrons. The van der Waals surface area contributed by atoms with E-state index in [0.29, 0.717) is 30.5 Å². The van der Waals surface area contributed by atoms with E-state index in [-0.39, 0.29) is 29.4 Å². The number of likely N-dealkylation sites (tertiary alicyclic amines) is 1. The van der Waals surface area contributed by atoms with Crippen molar-refractivity contribution in [1.29, 1.82) is 0 Å². The molecule has 5 heteroatoms. The molecule has 1 amide bonds. The summed E-state index contributed by atoms with van der Waals surface area (Å²) in [5, 5.41) is 0. The number of nitrogens with zero attached hydrogens (tertiary/aromatic N) is 1. The van der Waals surface area contributed by atoms with E-state index < -0.39 is 5.97 Å². The van der Waals surface area contributed by atoms with Crippen LogP contribution in [0.2, 0.25) is 0 Å². The SMILES string of the molecule is Cc1ccc(C)c(C(=O)c2ccccc2C(=O)OCC(=O)N2CC(C)CC(C)C2)c1. The predicted octanol–water partition coefficient (Wildman–Crippen LogP) is 4.20. The van der Waals surface area contributed by atoms with Crippen molar-refractivity contribution in [2.24, 2.45) is 11.8 Å². The van der Waals surface area contributed by atoms with Crippen LogP contribution >= 0.6 is 0 Å². The molecule has 0 bridgehead atoms. The van der Waals surface area contributed by atoms with Gasteiger partial charge < -0.3 is 9.64 Å². The summed E-state index contributed by atoms with van der Waals surface area (Å²) in [6, 6.07) is 12.3. The van der Waals surface area contributed by atoms with Crippen molar-refractivity contribution < 1.29 is 19.1 Å². The van der Waals surface area contributed by atoms with E-state index in [9.17, 15) is 14.4 Å². The Morgan fingerprint density at radius 3 is 2.23 bits per heavy atom. The molecule has 0 N–H and O–H groups in total. The summed E-state index contributed by atoms with van der Waals surface area (Å²) in [5.41, 5.74) is 2.83. The Labute approximate surface area is 178 Å². The lowest BCUT2D eigenvalue weighted by Gasteiger charge is -2.34. The minimum absolute atomic E-state index is 0.177. The molecule has 0 aromatic heterocycles. The van der Waals surface area contributed by atoms with Crippen LogP contribution < -0.4 is 0 Å². The fourth-order valence-corrected chi connectivity index (χ4v) is 4.15. The lowest BCUT2D eigenvalue weighted by atomic mass is 9.92. The number of rotatable bonds is 5. The average molecular weight is 408 g/mol. The Hall–Kier alpha value is -2.95. The molecule has 0 aliphatic carbocycles. The van der Waals surface area contributed by atoms with E-state index in [4.69, 9.17) is 4.74 Å². The van der Waals surface area contributed by atoms with Gasteiger partial charge in [-0.05, 0) is 49.8 Å². The summed E-state index contributed by atoms with van der Waals surface area (Å²) in [4.78, 5) is 40.1. The molecule has 1 aliphatic rings. The highest BCUT2D eigenvalue weighted by Crippen LogP contribution is 2.22. The lowest BCUT2D eigenvalue weighted by Crippen LogP contribution is -2.44. The Balaban J connectivity index is 1.74. The van der Waals surface area contributed by atoms with Gasteiger partial charge >= 0.3 is 5.97 Å². The van der Waals surface area contributed by atoms with Gasteiger partial charge in [-0.25, -0.2) is 4.79 Å². The third-order valence-electron chi connectivity index (χ3n) is 5.58. The zero-order valence-electron chi connectivity index (χ0n) is 18.1. The number of piperidine rings is 1. The molecule has 2 aromatic carbocycles. The van der Waals surface area contributed by atoms with Gasteiger partial charge in [0.1, 0.15) is 0 Å². The number of aryl methyl sites for hydroxylation is 2. The Kier molecular flexibility index (Phi) is 6.70. The monoisotopic (exact) mass is 407 g/mol. The second-order valence-electron chi connectivity index (χ2n) is 8.51. The molecule has 30 heavy (non-hydrogen) atoms. The maximum atomic E-state index is 13.1. The second kappa shape index (κ2) is 9.24. The highest BCUT2D eigenvalue weighted by molar-refractivity contribution is 6.15. The van der Waals surface area contributed by atoms with E-state index in [1.807, 2.05) is 32.0 Å². The molecule has 1 fully saturated rings. The predicted molar refractivity (Wildman–Crippen MR) is 116 cm³/mol. The van der Waals surface area contributed by atoms with Gasteiger partial charge in [-0.1, -0.05) is 49.7 Å². The van der Waals surface area contributed by atoms with Crippen LogP contribution in [-0.4, -0.2) is 42.3 Å². The standard InChI is InChI=1S/C25H29NO4/c1-16-9-10-19(4)22(12-16)24(28)20-7-5-6-8-21(20)25(29)30-15-23(27)26-13-17(2)11-18(3)14-26/h5-10,12,17-18H,11,13-15H2,1-4H3. The van der Waals surface area contributed by atoms with Gasteiger partial charge in [0, 0.05) is 24.2 Å². The minimum atomic E-state index is -0.657. The molecule has 3 rings (SSSR count). The van der Waals surface area contributed by atoms with E-state index in [1.54, 1.807) is 29.2 Å². The van der Waals surface area contributed by atoms with Crippen molar-refractivity contribution >= 4 is 17.7 Å². The molecule has 158 valence electrons. The van der Waals surface area contributed by atoms with Crippen molar-refractivity contribution in [3.63, 3.8) is 0 Å². The van der Waals surface area contributed by atoms with Crippen molar-refractivity contribution in [2.75, 3.05) is 19.7 Å². The zero-order valence-corrected chi connectivity index (χ0v) is 18.1. The molecule has 2 atom stereocenters. The van der Waals surface area contributed by atoms with E-state index in [1.165, 1.54) is 0 Å². The lowest BCUT2D eigenvalue weighted by molar-refractivity contribution is -0.137. The van der Waals surface area contributed by atoms with Gasteiger partial charge in [-0.15, -0.1) is 0 Å². The Morgan fingerprint density at radius 2 is 1.57 bits per heavy atom. The van der Waals surface area contributed by atoms with Gasteiger partial charge in [0.2, 0.25) is 0 Å². The molecular weight excluding hydrogens is 378 g/mol.